The minimum atomic E-state index is -0.984. The molecular weight excluding hydrogens is 445 g/mol. The van der Waals surface area contributed by atoms with E-state index in [0.717, 1.165) is 5.56 Å². The van der Waals surface area contributed by atoms with Crippen molar-refractivity contribution < 1.29 is 14.3 Å². The summed E-state index contributed by atoms with van der Waals surface area (Å²) in [6.45, 7) is 3.37. The van der Waals surface area contributed by atoms with Crippen molar-refractivity contribution in [2.24, 2.45) is 0 Å². The molecule has 0 aliphatic heterocycles. The summed E-state index contributed by atoms with van der Waals surface area (Å²) in [6, 6.07) is 21.2. The van der Waals surface area contributed by atoms with Crippen LogP contribution in [-0.4, -0.2) is 22.8 Å². The van der Waals surface area contributed by atoms with E-state index in [9.17, 15) is 9.59 Å². The molecule has 0 fully saturated rings. The van der Waals surface area contributed by atoms with Crippen molar-refractivity contribution in [1.29, 1.82) is 0 Å². The Morgan fingerprint density at radius 1 is 0.906 bits per heavy atom. The van der Waals surface area contributed by atoms with E-state index in [1.807, 2.05) is 43.3 Å². The first-order valence-corrected chi connectivity index (χ1v) is 10.8. The fourth-order valence-electron chi connectivity index (χ4n) is 3.64. The number of hydrogen-bond donors (Lipinski definition) is 0. The van der Waals surface area contributed by atoms with E-state index < -0.39 is 12.1 Å². The second kappa shape index (κ2) is 9.11. The summed E-state index contributed by atoms with van der Waals surface area (Å²) in [5.41, 5.74) is 3.47. The van der Waals surface area contributed by atoms with Gasteiger partial charge in [-0.15, -0.1) is 0 Å². The minimum Gasteiger partial charge on any atom is -0.451 e. The molecule has 4 nitrogen and oxygen atoms in total. The van der Waals surface area contributed by atoms with Crippen LogP contribution >= 0.6 is 23.2 Å². The van der Waals surface area contributed by atoms with Gasteiger partial charge in [0.15, 0.2) is 6.10 Å². The maximum atomic E-state index is 13.3. The first-order valence-electron chi connectivity index (χ1n) is 10.0. The number of esters is 1. The van der Waals surface area contributed by atoms with E-state index >= 15 is 0 Å². The van der Waals surface area contributed by atoms with Crippen molar-refractivity contribution >= 4 is 45.9 Å². The average molecular weight is 464 g/mol. The fourth-order valence-corrected chi connectivity index (χ4v) is 4.02. The van der Waals surface area contributed by atoms with Crippen LogP contribution in [0.2, 0.25) is 10.0 Å². The van der Waals surface area contributed by atoms with Gasteiger partial charge in [-0.1, -0.05) is 65.7 Å². The van der Waals surface area contributed by atoms with Gasteiger partial charge in [-0.2, -0.15) is 0 Å². The fraction of sp³-hybridized carbons (Fsp3) is 0.115. The van der Waals surface area contributed by atoms with Crippen molar-refractivity contribution in [3.05, 3.63) is 99.5 Å². The lowest BCUT2D eigenvalue weighted by Crippen LogP contribution is -2.25. The van der Waals surface area contributed by atoms with Gasteiger partial charge in [0.25, 0.3) is 0 Å². The molecule has 4 rings (SSSR count). The van der Waals surface area contributed by atoms with Crippen LogP contribution < -0.4 is 0 Å². The van der Waals surface area contributed by atoms with Crippen molar-refractivity contribution in [2.45, 2.75) is 20.0 Å². The number of halogens is 2. The molecule has 0 bridgehead atoms. The smallest absolute Gasteiger partial charge is 0.339 e. The van der Waals surface area contributed by atoms with E-state index in [1.165, 1.54) is 0 Å². The highest BCUT2D eigenvalue weighted by Crippen LogP contribution is 2.31. The SMILES string of the molecule is Cc1c(-c2cccc(Cl)c2)nc2ccccc2c1C(=O)OC(C)C(=O)c1cccc(Cl)c1. The van der Waals surface area contributed by atoms with Crippen LogP contribution in [0.4, 0.5) is 0 Å². The second-order valence-corrected chi connectivity index (χ2v) is 8.28. The predicted molar refractivity (Wildman–Crippen MR) is 128 cm³/mol. The molecule has 0 amide bonds. The molecular formula is C26H19Cl2NO3. The highest BCUT2D eigenvalue weighted by atomic mass is 35.5. The second-order valence-electron chi connectivity index (χ2n) is 7.41. The van der Waals surface area contributed by atoms with Gasteiger partial charge in [0, 0.05) is 26.6 Å². The Morgan fingerprint density at radius 3 is 2.31 bits per heavy atom. The monoisotopic (exact) mass is 463 g/mol. The number of Topliss-reactive ketones (excluding diaryl/α,β-unsaturated/α-hetero) is 1. The third-order valence-electron chi connectivity index (χ3n) is 5.20. The third kappa shape index (κ3) is 4.38. The van der Waals surface area contributed by atoms with Crippen molar-refractivity contribution in [1.82, 2.24) is 4.98 Å². The molecule has 0 aliphatic carbocycles. The number of carbonyl (C=O) groups excluding carboxylic acids is 2. The van der Waals surface area contributed by atoms with E-state index in [0.29, 0.717) is 43.3 Å². The van der Waals surface area contributed by atoms with E-state index in [2.05, 4.69) is 0 Å². The van der Waals surface area contributed by atoms with Crippen molar-refractivity contribution in [2.75, 3.05) is 0 Å². The van der Waals surface area contributed by atoms with Crippen molar-refractivity contribution in [3.63, 3.8) is 0 Å². The molecule has 0 aliphatic rings. The maximum absolute atomic E-state index is 13.3. The van der Waals surface area contributed by atoms with Crippen LogP contribution in [0.15, 0.2) is 72.8 Å². The summed E-state index contributed by atoms with van der Waals surface area (Å²) in [5.74, 6) is -0.917. The number of ether oxygens (including phenoxy) is 1. The number of fused-ring (bicyclic) bond motifs is 1. The topological polar surface area (TPSA) is 56.3 Å². The molecule has 32 heavy (non-hydrogen) atoms. The Hall–Kier alpha value is -3.21. The Labute approximate surface area is 195 Å². The Bertz CT molecular complexity index is 1350. The molecule has 0 saturated carbocycles. The molecule has 1 unspecified atom stereocenters. The van der Waals surface area contributed by atoms with Gasteiger partial charge >= 0.3 is 5.97 Å². The first kappa shape index (κ1) is 22.0. The van der Waals surface area contributed by atoms with E-state index in [1.54, 1.807) is 43.3 Å². The molecule has 160 valence electrons. The van der Waals surface area contributed by atoms with Gasteiger partial charge < -0.3 is 4.74 Å². The number of carbonyl (C=O) groups is 2. The number of hydrogen-bond acceptors (Lipinski definition) is 4. The van der Waals surface area contributed by atoms with Gasteiger partial charge in [0.1, 0.15) is 0 Å². The average Bonchev–Trinajstić information content (AvgIpc) is 2.78. The standard InChI is InChI=1S/C26H19Cl2NO3/c1-15-23(26(31)32-16(2)25(30)18-8-6-10-20(28)14-18)21-11-3-4-12-22(21)29-24(15)17-7-5-9-19(27)13-17/h3-14,16H,1-2H3. The highest BCUT2D eigenvalue weighted by Gasteiger charge is 2.25. The van der Waals surface area contributed by atoms with Crippen LogP contribution in [0.3, 0.4) is 0 Å². The number of aromatic nitrogens is 1. The summed E-state index contributed by atoms with van der Waals surface area (Å²) in [7, 11) is 0. The Morgan fingerprint density at radius 2 is 1.59 bits per heavy atom. The van der Waals surface area contributed by atoms with Gasteiger partial charge in [-0.25, -0.2) is 9.78 Å². The number of rotatable bonds is 5. The van der Waals surface area contributed by atoms with Crippen LogP contribution in [0.1, 0.15) is 33.2 Å². The molecule has 3 aromatic carbocycles. The number of nitrogens with zero attached hydrogens (tertiary/aromatic N) is 1. The van der Waals surface area contributed by atoms with Gasteiger partial charge in [-0.05, 0) is 49.7 Å². The lowest BCUT2D eigenvalue weighted by Gasteiger charge is -2.17. The van der Waals surface area contributed by atoms with Crippen LogP contribution in [-0.2, 0) is 4.74 Å². The highest BCUT2D eigenvalue weighted by molar-refractivity contribution is 6.31. The summed E-state index contributed by atoms with van der Waals surface area (Å²) >= 11 is 12.2. The van der Waals surface area contributed by atoms with Gasteiger partial charge in [0.05, 0.1) is 16.8 Å². The minimum absolute atomic E-state index is 0.327. The summed E-state index contributed by atoms with van der Waals surface area (Å²) in [4.78, 5) is 30.8. The molecule has 4 aromatic rings. The molecule has 0 saturated heterocycles. The summed E-state index contributed by atoms with van der Waals surface area (Å²) in [5, 5.41) is 1.67. The molecule has 6 heteroatoms. The van der Waals surface area contributed by atoms with Gasteiger partial charge in [-0.3, -0.25) is 4.79 Å². The predicted octanol–water partition coefficient (Wildman–Crippen LogP) is 6.95. The first-order chi connectivity index (χ1) is 15.3. The number of para-hydroxylation sites is 1. The molecule has 1 atom stereocenters. The largest absolute Gasteiger partial charge is 0.451 e. The zero-order valence-electron chi connectivity index (χ0n) is 17.4. The number of benzene rings is 3. The summed E-state index contributed by atoms with van der Waals surface area (Å²) < 4.78 is 5.61. The Kier molecular flexibility index (Phi) is 6.26. The molecule has 1 heterocycles. The lowest BCUT2D eigenvalue weighted by molar-refractivity contribution is 0.0320. The normalized spacial score (nSPS) is 11.9. The third-order valence-corrected chi connectivity index (χ3v) is 5.67. The van der Waals surface area contributed by atoms with Crippen molar-refractivity contribution in [3.8, 4) is 11.3 Å². The quantitative estimate of drug-likeness (QED) is 0.237. The van der Waals surface area contributed by atoms with Crippen LogP contribution in [0.5, 0.6) is 0 Å². The molecule has 0 spiro atoms. The maximum Gasteiger partial charge on any atom is 0.339 e. The summed E-state index contributed by atoms with van der Waals surface area (Å²) in [6.07, 6.45) is -0.984. The van der Waals surface area contributed by atoms with E-state index in [4.69, 9.17) is 32.9 Å². The molecule has 0 radical (unpaired) electrons. The number of ketones is 1. The van der Waals surface area contributed by atoms with Crippen LogP contribution in [0, 0.1) is 6.92 Å². The lowest BCUT2D eigenvalue weighted by atomic mass is 9.97. The molecule has 0 N–H and O–H groups in total. The zero-order chi connectivity index (χ0) is 22.8. The van der Waals surface area contributed by atoms with Crippen LogP contribution in [0.25, 0.3) is 22.2 Å². The number of pyridine rings is 1. The van der Waals surface area contributed by atoms with E-state index in [-0.39, 0.29) is 5.78 Å². The molecule has 1 aromatic heterocycles. The Balaban J connectivity index is 1.75. The van der Waals surface area contributed by atoms with Gasteiger partial charge in [0.2, 0.25) is 5.78 Å². The zero-order valence-corrected chi connectivity index (χ0v) is 18.9.